The Morgan fingerprint density at radius 2 is 1.62 bits per heavy atom. The van der Waals surface area contributed by atoms with Gasteiger partial charge in [0.05, 0.1) is 27.4 Å². The van der Waals surface area contributed by atoms with Crippen LogP contribution in [0.2, 0.25) is 5.02 Å². The van der Waals surface area contributed by atoms with E-state index >= 15 is 0 Å². The van der Waals surface area contributed by atoms with Crippen molar-refractivity contribution >= 4 is 28.9 Å². The van der Waals surface area contributed by atoms with Crippen LogP contribution < -0.4 is 5.11 Å². The highest BCUT2D eigenvalue weighted by molar-refractivity contribution is 6.33. The van der Waals surface area contributed by atoms with Gasteiger partial charge in [0.25, 0.3) is 11.4 Å². The largest absolute Gasteiger partial charge is 0.545 e. The van der Waals surface area contributed by atoms with Gasteiger partial charge in [-0.25, -0.2) is 0 Å². The Kier molecular flexibility index (Phi) is 3.04. The Balaban J connectivity index is 3.55. The number of nitro benzene ring substituents is 2. The summed E-state index contributed by atoms with van der Waals surface area (Å²) in [6, 6.07) is 1.10. The maximum Gasteiger partial charge on any atom is 0.294 e. The van der Waals surface area contributed by atoms with E-state index in [1.807, 2.05) is 0 Å². The Bertz CT molecular complexity index is 500. The molecule has 0 amide bonds. The summed E-state index contributed by atoms with van der Waals surface area (Å²) in [5.41, 5.74) is -2.48. The summed E-state index contributed by atoms with van der Waals surface area (Å²) in [4.78, 5) is 29.4. The molecule has 0 fully saturated rings. The summed E-state index contributed by atoms with van der Waals surface area (Å²) in [7, 11) is 0. The van der Waals surface area contributed by atoms with Crippen LogP contribution in [0.4, 0.5) is 11.4 Å². The summed E-state index contributed by atoms with van der Waals surface area (Å²) >= 11 is 5.39. The lowest BCUT2D eigenvalue weighted by atomic mass is 10.1. The van der Waals surface area contributed by atoms with Gasteiger partial charge < -0.3 is 9.90 Å². The highest BCUT2D eigenvalue weighted by atomic mass is 35.5. The molecule has 0 aliphatic carbocycles. The standard InChI is InChI=1S/C7H3ClN2O6/c8-4-1-3(7(11)12)5(9(13)14)2-6(4)10(15)16/h1-2H,(H,11,12)/p-1. The first-order valence-corrected chi connectivity index (χ1v) is 4.06. The number of carbonyl (C=O) groups excluding carboxylic acids is 1. The number of rotatable bonds is 3. The lowest BCUT2D eigenvalue weighted by Crippen LogP contribution is -2.23. The Morgan fingerprint density at radius 1 is 1.12 bits per heavy atom. The van der Waals surface area contributed by atoms with Crippen LogP contribution in [0.25, 0.3) is 0 Å². The van der Waals surface area contributed by atoms with Gasteiger partial charge in [0.1, 0.15) is 5.02 Å². The van der Waals surface area contributed by atoms with Gasteiger partial charge in [-0.15, -0.1) is 0 Å². The van der Waals surface area contributed by atoms with Crippen LogP contribution in [-0.4, -0.2) is 15.8 Å². The molecule has 0 saturated heterocycles. The molecule has 0 aliphatic heterocycles. The van der Waals surface area contributed by atoms with Gasteiger partial charge in [-0.1, -0.05) is 11.6 Å². The number of nitrogens with zero attached hydrogens (tertiary/aromatic N) is 2. The molecular weight excluding hydrogens is 244 g/mol. The van der Waals surface area contributed by atoms with E-state index in [-0.39, 0.29) is 0 Å². The molecule has 9 heteroatoms. The van der Waals surface area contributed by atoms with Crippen LogP contribution in [0.1, 0.15) is 10.4 Å². The molecule has 0 heterocycles. The summed E-state index contributed by atoms with van der Waals surface area (Å²) < 4.78 is 0. The van der Waals surface area contributed by atoms with E-state index in [2.05, 4.69) is 0 Å². The molecule has 1 aromatic rings. The Labute approximate surface area is 92.4 Å². The van der Waals surface area contributed by atoms with Gasteiger partial charge >= 0.3 is 0 Å². The smallest absolute Gasteiger partial charge is 0.294 e. The molecule has 0 atom stereocenters. The highest BCUT2D eigenvalue weighted by Crippen LogP contribution is 2.31. The van der Waals surface area contributed by atoms with Crippen LogP contribution in [0.3, 0.4) is 0 Å². The van der Waals surface area contributed by atoms with Gasteiger partial charge in [-0.3, -0.25) is 20.2 Å². The van der Waals surface area contributed by atoms with Crippen molar-refractivity contribution in [3.8, 4) is 0 Å². The predicted molar refractivity (Wildman–Crippen MR) is 49.1 cm³/mol. The number of hydrogen-bond acceptors (Lipinski definition) is 6. The molecule has 1 rings (SSSR count). The number of carboxylic acids is 1. The quantitative estimate of drug-likeness (QED) is 0.564. The fourth-order valence-electron chi connectivity index (χ4n) is 1.01. The molecule has 0 unspecified atom stereocenters. The first-order chi connectivity index (χ1) is 7.34. The molecule has 0 N–H and O–H groups in total. The second-order valence-corrected chi connectivity index (χ2v) is 3.03. The first kappa shape index (κ1) is 11.9. The molecule has 0 spiro atoms. The molecule has 0 saturated carbocycles. The topological polar surface area (TPSA) is 126 Å². The van der Waals surface area contributed by atoms with Gasteiger partial charge in [-0.2, -0.15) is 0 Å². The maximum atomic E-state index is 10.5. The van der Waals surface area contributed by atoms with Crippen LogP contribution in [0.15, 0.2) is 12.1 Å². The highest BCUT2D eigenvalue weighted by Gasteiger charge is 2.23. The van der Waals surface area contributed by atoms with Crippen molar-refractivity contribution in [2.45, 2.75) is 0 Å². The van der Waals surface area contributed by atoms with Gasteiger partial charge in [-0.05, 0) is 6.07 Å². The van der Waals surface area contributed by atoms with Crippen molar-refractivity contribution in [2.75, 3.05) is 0 Å². The molecule has 0 aliphatic rings. The summed E-state index contributed by atoms with van der Waals surface area (Å²) in [5.74, 6) is -1.83. The third-order valence-corrected chi connectivity index (χ3v) is 1.98. The fraction of sp³-hybridized carbons (Fsp3) is 0. The minimum Gasteiger partial charge on any atom is -0.545 e. The minimum atomic E-state index is -1.83. The second-order valence-electron chi connectivity index (χ2n) is 2.62. The Morgan fingerprint density at radius 3 is 2.00 bits per heavy atom. The molecule has 8 nitrogen and oxygen atoms in total. The molecule has 0 radical (unpaired) electrons. The summed E-state index contributed by atoms with van der Waals surface area (Å²) in [6.07, 6.45) is 0. The first-order valence-electron chi connectivity index (χ1n) is 3.68. The zero-order valence-electron chi connectivity index (χ0n) is 7.38. The lowest BCUT2D eigenvalue weighted by molar-refractivity contribution is -0.394. The number of nitro groups is 2. The van der Waals surface area contributed by atoms with E-state index in [1.54, 1.807) is 0 Å². The number of hydrogen-bond donors (Lipinski definition) is 0. The molecule has 1 aromatic carbocycles. The van der Waals surface area contributed by atoms with Crippen molar-refractivity contribution in [1.29, 1.82) is 0 Å². The van der Waals surface area contributed by atoms with E-state index in [0.29, 0.717) is 12.1 Å². The lowest BCUT2D eigenvalue weighted by Gasteiger charge is -2.04. The number of carbonyl (C=O) groups is 1. The third-order valence-electron chi connectivity index (χ3n) is 1.68. The predicted octanol–water partition coefficient (Wildman–Crippen LogP) is 0.520. The number of benzene rings is 1. The van der Waals surface area contributed by atoms with E-state index in [9.17, 15) is 30.1 Å². The van der Waals surface area contributed by atoms with Crippen LogP contribution in [0, 0.1) is 20.2 Å². The van der Waals surface area contributed by atoms with Gasteiger partial charge in [0.2, 0.25) is 0 Å². The van der Waals surface area contributed by atoms with E-state index in [4.69, 9.17) is 11.6 Å². The van der Waals surface area contributed by atoms with E-state index < -0.39 is 37.8 Å². The van der Waals surface area contributed by atoms with E-state index in [1.165, 1.54) is 0 Å². The van der Waals surface area contributed by atoms with Crippen LogP contribution >= 0.6 is 11.6 Å². The van der Waals surface area contributed by atoms with Gasteiger partial charge in [0, 0.05) is 0 Å². The van der Waals surface area contributed by atoms with E-state index in [0.717, 1.165) is 0 Å². The maximum absolute atomic E-state index is 10.5. The van der Waals surface area contributed by atoms with Crippen molar-refractivity contribution in [3.63, 3.8) is 0 Å². The Hall–Kier alpha value is -2.22. The number of halogens is 1. The van der Waals surface area contributed by atoms with Crippen LogP contribution in [0.5, 0.6) is 0 Å². The average Bonchev–Trinajstić information content (AvgIpc) is 2.15. The molecule has 84 valence electrons. The third kappa shape index (κ3) is 2.06. The number of aromatic carboxylic acids is 1. The van der Waals surface area contributed by atoms with Gasteiger partial charge in [0.15, 0.2) is 0 Å². The average molecular weight is 246 g/mol. The van der Waals surface area contributed by atoms with Crippen molar-refractivity contribution < 1.29 is 19.7 Å². The zero-order valence-corrected chi connectivity index (χ0v) is 8.13. The molecule has 0 bridgehead atoms. The second kappa shape index (κ2) is 4.11. The van der Waals surface area contributed by atoms with Crippen molar-refractivity contribution in [3.05, 3.63) is 42.9 Å². The zero-order chi connectivity index (χ0) is 12.5. The van der Waals surface area contributed by atoms with Crippen molar-refractivity contribution in [2.24, 2.45) is 0 Å². The molecule has 16 heavy (non-hydrogen) atoms. The van der Waals surface area contributed by atoms with Crippen LogP contribution in [-0.2, 0) is 0 Å². The van der Waals surface area contributed by atoms with Crippen molar-refractivity contribution in [1.82, 2.24) is 0 Å². The molecular formula is C7H2ClN2O6-. The fourth-order valence-corrected chi connectivity index (χ4v) is 1.24. The monoisotopic (exact) mass is 245 g/mol. The minimum absolute atomic E-state index is 0.480. The number of carboxylic acid groups (broad SMARTS) is 1. The normalized spacial score (nSPS) is 9.81. The SMILES string of the molecule is O=C([O-])c1cc(Cl)c([N+](=O)[O-])cc1[N+](=O)[O-]. The summed E-state index contributed by atoms with van der Waals surface area (Å²) in [5, 5.41) is 30.9. The molecule has 0 aromatic heterocycles. The summed E-state index contributed by atoms with van der Waals surface area (Å²) in [6.45, 7) is 0.